The lowest BCUT2D eigenvalue weighted by Gasteiger charge is -2.36. The fourth-order valence-electron chi connectivity index (χ4n) is 1.94. The quantitative estimate of drug-likeness (QED) is 0.716. The molecule has 2 aliphatic rings. The van der Waals surface area contributed by atoms with Crippen molar-refractivity contribution in [2.24, 2.45) is 5.92 Å². The number of carbonyl (C=O) groups is 1. The maximum Gasteiger partial charge on any atom is 0.149 e. The monoisotopic (exact) mass is 213 g/mol. The second-order valence-electron chi connectivity index (χ2n) is 4.66. The van der Waals surface area contributed by atoms with E-state index in [4.69, 9.17) is 9.84 Å². The molecule has 2 atom stereocenters. The molecule has 2 unspecified atom stereocenters. The number of hydrogen-bond donors (Lipinski definition) is 1. The van der Waals surface area contributed by atoms with Crippen LogP contribution in [-0.2, 0) is 9.53 Å². The van der Waals surface area contributed by atoms with E-state index in [0.717, 1.165) is 12.8 Å². The summed E-state index contributed by atoms with van der Waals surface area (Å²) in [5, 5.41) is 9.01. The van der Waals surface area contributed by atoms with Crippen LogP contribution in [0.3, 0.4) is 0 Å². The summed E-state index contributed by atoms with van der Waals surface area (Å²) in [4.78, 5) is 13.8. The summed E-state index contributed by atoms with van der Waals surface area (Å²) in [6.45, 7) is 3.93. The normalized spacial score (nSPS) is 32.9. The molecule has 1 saturated heterocycles. The maximum absolute atomic E-state index is 11.7. The molecule has 4 nitrogen and oxygen atoms in total. The molecule has 0 aromatic rings. The number of aliphatic hydroxyl groups is 1. The third kappa shape index (κ3) is 2.77. The Labute approximate surface area is 90.2 Å². The molecule has 1 heterocycles. The Bertz CT molecular complexity index is 240. The van der Waals surface area contributed by atoms with E-state index in [0.29, 0.717) is 31.4 Å². The molecule has 1 N–H and O–H groups in total. The number of hydrogen-bond acceptors (Lipinski definition) is 4. The van der Waals surface area contributed by atoms with Crippen molar-refractivity contribution in [1.29, 1.82) is 0 Å². The molecule has 0 radical (unpaired) electrons. The summed E-state index contributed by atoms with van der Waals surface area (Å²) < 4.78 is 5.42. The summed E-state index contributed by atoms with van der Waals surface area (Å²) in [5.74, 6) is 0.688. The van der Waals surface area contributed by atoms with Crippen molar-refractivity contribution in [3.8, 4) is 0 Å². The molecule has 86 valence electrons. The highest BCUT2D eigenvalue weighted by molar-refractivity contribution is 5.85. The van der Waals surface area contributed by atoms with Crippen LogP contribution >= 0.6 is 0 Å². The van der Waals surface area contributed by atoms with Crippen LogP contribution < -0.4 is 0 Å². The second-order valence-corrected chi connectivity index (χ2v) is 4.66. The van der Waals surface area contributed by atoms with E-state index in [2.05, 4.69) is 11.8 Å². The molecule has 0 amide bonds. The zero-order valence-electron chi connectivity index (χ0n) is 9.19. The number of Topliss-reactive ketones (excluding diaryl/α,β-unsaturated/α-hetero) is 1. The van der Waals surface area contributed by atoms with E-state index >= 15 is 0 Å². The standard InChI is InChI=1S/C11H19NO3/c1-8-7-15-10(6-13)4-12(8)5-11(14)9-2-3-9/h8-10,13H,2-7H2,1H3. The van der Waals surface area contributed by atoms with Gasteiger partial charge in [-0.3, -0.25) is 9.69 Å². The minimum atomic E-state index is -0.117. The van der Waals surface area contributed by atoms with E-state index in [9.17, 15) is 4.79 Å². The average Bonchev–Trinajstić information content (AvgIpc) is 3.04. The van der Waals surface area contributed by atoms with Gasteiger partial charge < -0.3 is 9.84 Å². The van der Waals surface area contributed by atoms with E-state index in [1.165, 1.54) is 0 Å². The molecule has 1 aliphatic heterocycles. The summed E-state index contributed by atoms with van der Waals surface area (Å²) in [6, 6.07) is 0.287. The van der Waals surface area contributed by atoms with E-state index < -0.39 is 0 Å². The predicted octanol–water partition coefficient (Wildman–Crippen LogP) is 0.0471. The molecule has 1 saturated carbocycles. The summed E-state index contributed by atoms with van der Waals surface area (Å²) in [6.07, 6.45) is 2.02. The van der Waals surface area contributed by atoms with Gasteiger partial charge in [0.25, 0.3) is 0 Å². The van der Waals surface area contributed by atoms with Gasteiger partial charge in [0.1, 0.15) is 5.78 Å². The molecule has 0 aromatic carbocycles. The van der Waals surface area contributed by atoms with Gasteiger partial charge >= 0.3 is 0 Å². The minimum absolute atomic E-state index is 0.0425. The highest BCUT2D eigenvalue weighted by Crippen LogP contribution is 2.30. The van der Waals surface area contributed by atoms with Crippen LogP contribution in [0, 0.1) is 5.92 Å². The highest BCUT2D eigenvalue weighted by atomic mass is 16.5. The maximum atomic E-state index is 11.7. The van der Waals surface area contributed by atoms with Gasteiger partial charge in [-0.1, -0.05) is 0 Å². The van der Waals surface area contributed by atoms with Crippen molar-refractivity contribution >= 4 is 5.78 Å². The molecule has 4 heteroatoms. The van der Waals surface area contributed by atoms with E-state index in [1.807, 2.05) is 0 Å². The minimum Gasteiger partial charge on any atom is -0.394 e. The molecule has 2 rings (SSSR count). The van der Waals surface area contributed by atoms with Crippen LogP contribution in [0.4, 0.5) is 0 Å². The Balaban J connectivity index is 1.84. The zero-order valence-corrected chi connectivity index (χ0v) is 9.19. The first-order valence-electron chi connectivity index (χ1n) is 5.70. The highest BCUT2D eigenvalue weighted by Gasteiger charge is 2.33. The largest absolute Gasteiger partial charge is 0.394 e. The molecular formula is C11H19NO3. The fourth-order valence-corrected chi connectivity index (χ4v) is 1.94. The number of aliphatic hydroxyl groups excluding tert-OH is 1. The van der Waals surface area contributed by atoms with E-state index in [1.54, 1.807) is 0 Å². The van der Waals surface area contributed by atoms with Crippen LogP contribution in [0.2, 0.25) is 0 Å². The van der Waals surface area contributed by atoms with E-state index in [-0.39, 0.29) is 18.8 Å². The molecule has 1 aliphatic carbocycles. The lowest BCUT2D eigenvalue weighted by Crippen LogP contribution is -2.51. The van der Waals surface area contributed by atoms with Crippen LogP contribution in [0.15, 0.2) is 0 Å². The molecule has 15 heavy (non-hydrogen) atoms. The Morgan fingerprint density at radius 3 is 2.87 bits per heavy atom. The summed E-state index contributed by atoms with van der Waals surface area (Å²) in [7, 11) is 0. The number of rotatable bonds is 4. The summed E-state index contributed by atoms with van der Waals surface area (Å²) >= 11 is 0. The summed E-state index contributed by atoms with van der Waals surface area (Å²) in [5.41, 5.74) is 0. The Kier molecular flexibility index (Phi) is 3.38. The molecule has 0 spiro atoms. The van der Waals surface area contributed by atoms with Crippen molar-refractivity contribution in [3.05, 3.63) is 0 Å². The van der Waals surface area contributed by atoms with Gasteiger partial charge in [-0.2, -0.15) is 0 Å². The van der Waals surface area contributed by atoms with Crippen molar-refractivity contribution in [2.45, 2.75) is 31.9 Å². The first-order chi connectivity index (χ1) is 7.20. The van der Waals surface area contributed by atoms with Crippen LogP contribution in [0.25, 0.3) is 0 Å². The molecule has 0 aromatic heterocycles. The SMILES string of the molecule is CC1COC(CO)CN1CC(=O)C1CC1. The van der Waals surface area contributed by atoms with Crippen molar-refractivity contribution < 1.29 is 14.6 Å². The van der Waals surface area contributed by atoms with Gasteiger partial charge in [0.2, 0.25) is 0 Å². The Morgan fingerprint density at radius 1 is 1.53 bits per heavy atom. The van der Waals surface area contributed by atoms with Gasteiger partial charge in [-0.05, 0) is 19.8 Å². The van der Waals surface area contributed by atoms with Crippen molar-refractivity contribution in [1.82, 2.24) is 4.90 Å². The van der Waals surface area contributed by atoms with Gasteiger partial charge in [0.05, 0.1) is 25.9 Å². The topological polar surface area (TPSA) is 49.8 Å². The number of nitrogens with zero attached hydrogens (tertiary/aromatic N) is 1. The third-order valence-corrected chi connectivity index (χ3v) is 3.23. The van der Waals surface area contributed by atoms with Crippen LogP contribution in [0.1, 0.15) is 19.8 Å². The van der Waals surface area contributed by atoms with Crippen molar-refractivity contribution in [3.63, 3.8) is 0 Å². The Morgan fingerprint density at radius 2 is 2.27 bits per heavy atom. The van der Waals surface area contributed by atoms with Gasteiger partial charge in [0, 0.05) is 18.5 Å². The number of carbonyl (C=O) groups excluding carboxylic acids is 1. The van der Waals surface area contributed by atoms with Crippen molar-refractivity contribution in [2.75, 3.05) is 26.3 Å². The number of morpholine rings is 1. The second kappa shape index (κ2) is 4.60. The molecule has 2 fully saturated rings. The smallest absolute Gasteiger partial charge is 0.149 e. The third-order valence-electron chi connectivity index (χ3n) is 3.23. The van der Waals surface area contributed by atoms with Crippen LogP contribution in [-0.4, -0.2) is 54.2 Å². The average molecular weight is 213 g/mol. The molecular weight excluding hydrogens is 194 g/mol. The molecule has 0 bridgehead atoms. The Hall–Kier alpha value is -0.450. The van der Waals surface area contributed by atoms with Gasteiger partial charge in [-0.15, -0.1) is 0 Å². The van der Waals surface area contributed by atoms with Gasteiger partial charge in [-0.25, -0.2) is 0 Å². The zero-order chi connectivity index (χ0) is 10.8. The van der Waals surface area contributed by atoms with Gasteiger partial charge in [0.15, 0.2) is 0 Å². The first kappa shape index (κ1) is 11.0. The fraction of sp³-hybridized carbons (Fsp3) is 0.909. The lowest BCUT2D eigenvalue weighted by molar-refractivity contribution is -0.126. The first-order valence-corrected chi connectivity index (χ1v) is 5.70. The number of ether oxygens (including phenoxy) is 1. The number of ketones is 1. The van der Waals surface area contributed by atoms with Crippen LogP contribution in [0.5, 0.6) is 0 Å². The predicted molar refractivity (Wildman–Crippen MR) is 55.6 cm³/mol. The lowest BCUT2D eigenvalue weighted by atomic mass is 10.1.